The van der Waals surface area contributed by atoms with Crippen LogP contribution < -0.4 is 0 Å². The molecular weight excluding hydrogens is 192 g/mol. The number of hydrogen-bond donors (Lipinski definition) is 0. The van der Waals surface area contributed by atoms with Gasteiger partial charge in [0, 0.05) is 11.5 Å². The lowest BCUT2D eigenvalue weighted by molar-refractivity contribution is -0.109. The Hall–Kier alpha value is -1.64. The van der Waals surface area contributed by atoms with Crippen molar-refractivity contribution in [3.8, 4) is 0 Å². The number of rotatable bonds is 1. The Morgan fingerprint density at radius 3 is 3.07 bits per heavy atom. The molecule has 0 fully saturated rings. The zero-order chi connectivity index (χ0) is 10.4. The fourth-order valence-corrected chi connectivity index (χ4v) is 2.52. The third-order valence-electron chi connectivity index (χ3n) is 3.27. The normalized spacial score (nSPS) is 22.1. The summed E-state index contributed by atoms with van der Waals surface area (Å²) in [4.78, 5) is 22.3. The monoisotopic (exact) mass is 202 g/mol. The van der Waals surface area contributed by atoms with Crippen molar-refractivity contribution in [3.05, 3.63) is 34.4 Å². The minimum atomic E-state index is -0.228. The molecule has 0 bridgehead atoms. The van der Waals surface area contributed by atoms with Gasteiger partial charge in [-0.3, -0.25) is 0 Å². The molecule has 76 valence electrons. The van der Waals surface area contributed by atoms with Crippen molar-refractivity contribution in [1.29, 1.82) is 0 Å². The van der Waals surface area contributed by atoms with E-state index >= 15 is 0 Å². The van der Waals surface area contributed by atoms with E-state index in [0.717, 1.165) is 41.4 Å². The summed E-state index contributed by atoms with van der Waals surface area (Å²) in [6.07, 6.45) is 2.61. The maximum Gasteiger partial charge on any atom is 0.339 e. The van der Waals surface area contributed by atoms with Crippen LogP contribution in [0.5, 0.6) is 0 Å². The van der Waals surface area contributed by atoms with E-state index in [0.29, 0.717) is 6.61 Å². The molecule has 3 rings (SSSR count). The van der Waals surface area contributed by atoms with Gasteiger partial charge in [-0.2, -0.15) is 0 Å². The summed E-state index contributed by atoms with van der Waals surface area (Å²) in [7, 11) is 0. The highest BCUT2D eigenvalue weighted by Gasteiger charge is 2.32. The van der Waals surface area contributed by atoms with Crippen LogP contribution >= 0.6 is 0 Å². The average molecular weight is 202 g/mol. The molecule has 1 unspecified atom stereocenters. The van der Waals surface area contributed by atoms with Gasteiger partial charge in [-0.25, -0.2) is 4.79 Å². The molecule has 0 radical (unpaired) electrons. The van der Waals surface area contributed by atoms with Gasteiger partial charge in [-0.1, -0.05) is 12.1 Å². The van der Waals surface area contributed by atoms with Gasteiger partial charge in [0.1, 0.15) is 12.9 Å². The molecule has 1 aliphatic carbocycles. The van der Waals surface area contributed by atoms with Crippen LogP contribution in [0.3, 0.4) is 0 Å². The minimum absolute atomic E-state index is 0.0290. The van der Waals surface area contributed by atoms with E-state index in [2.05, 4.69) is 0 Å². The highest BCUT2D eigenvalue weighted by molar-refractivity contribution is 5.96. The predicted molar refractivity (Wildman–Crippen MR) is 52.7 cm³/mol. The Kier molecular flexibility index (Phi) is 1.69. The van der Waals surface area contributed by atoms with E-state index in [4.69, 9.17) is 4.74 Å². The molecule has 1 aliphatic heterocycles. The standard InChI is InChI=1S/C12H10O3/c13-5-7-1-4-10-9(7)3-2-8-6-15-12(14)11(8)10/h2-3,5,7H,1,4,6H2. The van der Waals surface area contributed by atoms with Gasteiger partial charge in [0.25, 0.3) is 0 Å². The Balaban J connectivity index is 2.22. The molecule has 2 aliphatic rings. The maximum atomic E-state index is 11.5. The second-order valence-corrected chi connectivity index (χ2v) is 4.02. The van der Waals surface area contributed by atoms with Gasteiger partial charge in [0.05, 0.1) is 5.56 Å². The third-order valence-corrected chi connectivity index (χ3v) is 3.27. The molecule has 0 aromatic heterocycles. The first-order chi connectivity index (χ1) is 7.31. The van der Waals surface area contributed by atoms with Crippen molar-refractivity contribution in [1.82, 2.24) is 0 Å². The van der Waals surface area contributed by atoms with E-state index in [1.54, 1.807) is 0 Å². The maximum absolute atomic E-state index is 11.5. The number of cyclic esters (lactones) is 1. The Labute approximate surface area is 87.0 Å². The lowest BCUT2D eigenvalue weighted by atomic mass is 9.97. The number of carbonyl (C=O) groups is 2. The van der Waals surface area contributed by atoms with Crippen LogP contribution in [0.1, 0.15) is 39.4 Å². The SMILES string of the molecule is O=CC1CCc2c1ccc1c2C(=O)OC1. The van der Waals surface area contributed by atoms with Crippen molar-refractivity contribution in [2.45, 2.75) is 25.4 Å². The second-order valence-electron chi connectivity index (χ2n) is 4.02. The first-order valence-electron chi connectivity index (χ1n) is 5.08. The lowest BCUT2D eigenvalue weighted by Gasteiger charge is -2.05. The third kappa shape index (κ3) is 1.06. The average Bonchev–Trinajstić information content (AvgIpc) is 2.81. The first-order valence-corrected chi connectivity index (χ1v) is 5.08. The summed E-state index contributed by atoms with van der Waals surface area (Å²) in [5.74, 6) is -0.257. The summed E-state index contributed by atoms with van der Waals surface area (Å²) in [5, 5.41) is 0. The zero-order valence-electron chi connectivity index (χ0n) is 8.16. The molecule has 1 atom stereocenters. The molecule has 3 heteroatoms. The Morgan fingerprint density at radius 1 is 1.40 bits per heavy atom. The summed E-state index contributed by atoms with van der Waals surface area (Å²) in [5.41, 5.74) is 3.73. The highest BCUT2D eigenvalue weighted by Crippen LogP contribution is 2.37. The van der Waals surface area contributed by atoms with Crippen molar-refractivity contribution in [2.75, 3.05) is 0 Å². The van der Waals surface area contributed by atoms with Crippen LogP contribution in [0.25, 0.3) is 0 Å². The summed E-state index contributed by atoms with van der Waals surface area (Å²) < 4.78 is 4.99. The number of aldehydes is 1. The fraction of sp³-hybridized carbons (Fsp3) is 0.333. The largest absolute Gasteiger partial charge is 0.457 e. The smallest absolute Gasteiger partial charge is 0.339 e. The highest BCUT2D eigenvalue weighted by atomic mass is 16.5. The number of carbonyl (C=O) groups excluding carboxylic acids is 2. The number of esters is 1. The summed E-state index contributed by atoms with van der Waals surface area (Å²) in [6, 6.07) is 3.86. The molecule has 0 saturated carbocycles. The summed E-state index contributed by atoms with van der Waals surface area (Å²) in [6.45, 7) is 0.382. The Bertz CT molecular complexity index is 462. The number of fused-ring (bicyclic) bond motifs is 3. The minimum Gasteiger partial charge on any atom is -0.457 e. The van der Waals surface area contributed by atoms with Crippen molar-refractivity contribution < 1.29 is 14.3 Å². The van der Waals surface area contributed by atoms with Gasteiger partial charge in [-0.05, 0) is 24.0 Å². The molecule has 1 aromatic rings. The van der Waals surface area contributed by atoms with Crippen LogP contribution in [0.2, 0.25) is 0 Å². The van der Waals surface area contributed by atoms with Crippen molar-refractivity contribution in [3.63, 3.8) is 0 Å². The van der Waals surface area contributed by atoms with Crippen LogP contribution in [0, 0.1) is 0 Å². The number of benzene rings is 1. The van der Waals surface area contributed by atoms with Gasteiger partial charge >= 0.3 is 5.97 Å². The topological polar surface area (TPSA) is 43.4 Å². The molecule has 15 heavy (non-hydrogen) atoms. The van der Waals surface area contributed by atoms with Crippen LogP contribution in [-0.2, 0) is 22.6 Å². The van der Waals surface area contributed by atoms with E-state index in [1.807, 2.05) is 12.1 Å². The molecular formula is C12H10O3. The fourth-order valence-electron chi connectivity index (χ4n) is 2.52. The van der Waals surface area contributed by atoms with E-state index in [-0.39, 0.29) is 11.9 Å². The van der Waals surface area contributed by atoms with Crippen LogP contribution in [0.15, 0.2) is 12.1 Å². The summed E-state index contributed by atoms with van der Waals surface area (Å²) >= 11 is 0. The molecule has 0 amide bonds. The quantitative estimate of drug-likeness (QED) is 0.513. The van der Waals surface area contributed by atoms with Gasteiger partial charge in [0.15, 0.2) is 0 Å². The molecule has 0 spiro atoms. The van der Waals surface area contributed by atoms with Gasteiger partial charge in [-0.15, -0.1) is 0 Å². The predicted octanol–water partition coefficient (Wildman–Crippen LogP) is 1.59. The van der Waals surface area contributed by atoms with E-state index in [9.17, 15) is 9.59 Å². The second kappa shape index (κ2) is 2.92. The van der Waals surface area contributed by atoms with Crippen LogP contribution in [-0.4, -0.2) is 12.3 Å². The van der Waals surface area contributed by atoms with E-state index in [1.165, 1.54) is 0 Å². The van der Waals surface area contributed by atoms with Crippen molar-refractivity contribution in [2.24, 2.45) is 0 Å². The first kappa shape index (κ1) is 8.65. The Morgan fingerprint density at radius 2 is 2.27 bits per heavy atom. The van der Waals surface area contributed by atoms with Gasteiger partial charge in [0.2, 0.25) is 0 Å². The molecule has 1 heterocycles. The molecule has 3 nitrogen and oxygen atoms in total. The lowest BCUT2D eigenvalue weighted by Crippen LogP contribution is -2.01. The van der Waals surface area contributed by atoms with E-state index < -0.39 is 0 Å². The zero-order valence-corrected chi connectivity index (χ0v) is 8.16. The van der Waals surface area contributed by atoms with Crippen molar-refractivity contribution >= 4 is 12.3 Å². The molecule has 0 N–H and O–H groups in total. The number of ether oxygens (including phenoxy) is 1. The molecule has 1 aromatic carbocycles. The van der Waals surface area contributed by atoms with Gasteiger partial charge < -0.3 is 9.53 Å². The van der Waals surface area contributed by atoms with Crippen LogP contribution in [0.4, 0.5) is 0 Å². The number of hydrogen-bond acceptors (Lipinski definition) is 3. The molecule has 0 saturated heterocycles.